The fourth-order valence-electron chi connectivity index (χ4n) is 3.47. The monoisotopic (exact) mass is 629 g/mol. The molecule has 1 amide bonds. The summed E-state index contributed by atoms with van der Waals surface area (Å²) in [5.41, 5.74) is -0.623. The van der Waals surface area contributed by atoms with E-state index in [1.54, 1.807) is 0 Å². The lowest BCUT2D eigenvalue weighted by molar-refractivity contribution is -0.207. The number of carbonyl (C=O) groups excluding carboxylic acids is 1. The molecule has 0 spiro atoms. The fraction of sp³-hybridized carbons (Fsp3) is 0.318. The van der Waals surface area contributed by atoms with Gasteiger partial charge in [-0.3, -0.25) is 9.36 Å². The van der Waals surface area contributed by atoms with Gasteiger partial charge >= 0.3 is 11.9 Å². The summed E-state index contributed by atoms with van der Waals surface area (Å²) >= 11 is 18.1. The second kappa shape index (κ2) is 12.3. The minimum Gasteiger partial charge on any atom is -0.382 e. The molecule has 3 rings (SSSR count). The van der Waals surface area contributed by atoms with Crippen molar-refractivity contribution in [1.82, 2.24) is 24.4 Å². The molecule has 1 heterocycles. The molecule has 0 saturated carbocycles. The quantitative estimate of drug-likeness (QED) is 0.315. The standard InChI is InChI=1S/C22H21Cl3F3N5O5S/c1-39(37,38)31-16(14-3-2-4-15(24)19(14)25)9-29-18(35)11-33-21(36)32(10-17(34)22(26,27)28)20(30-33)12-5-7-13(23)8-6-12/h2-8,16-17,31,34H,9-11H2,1H3,(H,29,35)/t16?,17-/m0/s1. The van der Waals surface area contributed by atoms with E-state index >= 15 is 0 Å². The Balaban J connectivity index is 1.87. The maximum absolute atomic E-state index is 13.0. The van der Waals surface area contributed by atoms with Gasteiger partial charge in [-0.2, -0.15) is 13.2 Å². The van der Waals surface area contributed by atoms with E-state index < -0.39 is 53.0 Å². The molecule has 3 N–H and O–H groups in total. The van der Waals surface area contributed by atoms with Gasteiger partial charge < -0.3 is 10.4 Å². The van der Waals surface area contributed by atoms with Crippen LogP contribution in [0.2, 0.25) is 15.1 Å². The topological polar surface area (TPSA) is 135 Å². The van der Waals surface area contributed by atoms with Crippen molar-refractivity contribution in [3.63, 3.8) is 0 Å². The number of benzene rings is 2. The van der Waals surface area contributed by atoms with Crippen LogP contribution in [-0.4, -0.2) is 58.9 Å². The third kappa shape index (κ3) is 8.19. The molecular weight excluding hydrogens is 610 g/mol. The lowest BCUT2D eigenvalue weighted by atomic mass is 10.1. The molecule has 0 fully saturated rings. The molecule has 0 aliphatic rings. The maximum atomic E-state index is 13.0. The highest BCUT2D eigenvalue weighted by Crippen LogP contribution is 2.30. The summed E-state index contributed by atoms with van der Waals surface area (Å²) in [6, 6.07) is 9.13. The number of hydrogen-bond donors (Lipinski definition) is 3. The first-order valence-corrected chi connectivity index (χ1v) is 14.0. The van der Waals surface area contributed by atoms with Gasteiger partial charge in [0, 0.05) is 17.1 Å². The summed E-state index contributed by atoms with van der Waals surface area (Å²) in [6.45, 7) is -2.23. The van der Waals surface area contributed by atoms with Crippen LogP contribution in [0.15, 0.2) is 47.3 Å². The molecule has 3 aromatic rings. The second-order valence-corrected chi connectivity index (χ2v) is 11.3. The van der Waals surface area contributed by atoms with Crippen LogP contribution in [0.25, 0.3) is 11.4 Å². The fourth-order valence-corrected chi connectivity index (χ4v) is 4.76. The highest BCUT2D eigenvalue weighted by Gasteiger charge is 2.39. The van der Waals surface area contributed by atoms with Gasteiger partial charge in [0.25, 0.3) is 0 Å². The van der Waals surface area contributed by atoms with Gasteiger partial charge in [0.2, 0.25) is 15.9 Å². The van der Waals surface area contributed by atoms with Gasteiger partial charge in [-0.25, -0.2) is 22.6 Å². The van der Waals surface area contributed by atoms with Crippen molar-refractivity contribution >= 4 is 50.7 Å². The van der Waals surface area contributed by atoms with Gasteiger partial charge in [-0.05, 0) is 35.9 Å². The Hall–Kier alpha value is -2.62. The van der Waals surface area contributed by atoms with E-state index in [0.29, 0.717) is 14.3 Å². The zero-order chi connectivity index (χ0) is 29.1. The van der Waals surface area contributed by atoms with Crippen LogP contribution in [0.3, 0.4) is 0 Å². The normalized spacial score (nSPS) is 13.7. The second-order valence-electron chi connectivity index (χ2n) is 8.33. The summed E-state index contributed by atoms with van der Waals surface area (Å²) in [5, 5.41) is 16.5. The molecule has 0 aliphatic carbocycles. The molecule has 0 radical (unpaired) electrons. The van der Waals surface area contributed by atoms with Crippen LogP contribution < -0.4 is 15.7 Å². The maximum Gasteiger partial charge on any atom is 0.416 e. The van der Waals surface area contributed by atoms with Gasteiger partial charge in [-0.1, -0.05) is 46.9 Å². The molecule has 17 heteroatoms. The van der Waals surface area contributed by atoms with Crippen molar-refractivity contribution in [2.24, 2.45) is 0 Å². The number of nitrogens with one attached hydrogen (secondary N) is 2. The van der Waals surface area contributed by atoms with Crippen LogP contribution in [-0.2, 0) is 27.9 Å². The first-order valence-electron chi connectivity index (χ1n) is 10.9. The predicted octanol–water partition coefficient (Wildman–Crippen LogP) is 3.00. The van der Waals surface area contributed by atoms with Crippen molar-refractivity contribution < 1.29 is 31.5 Å². The minimum absolute atomic E-state index is 0.0559. The smallest absolute Gasteiger partial charge is 0.382 e. The van der Waals surface area contributed by atoms with Crippen LogP contribution in [0, 0.1) is 0 Å². The number of sulfonamides is 1. The Morgan fingerprint density at radius 1 is 1.13 bits per heavy atom. The molecule has 1 unspecified atom stereocenters. The minimum atomic E-state index is -5.01. The zero-order valence-electron chi connectivity index (χ0n) is 19.9. The van der Waals surface area contributed by atoms with E-state index in [9.17, 15) is 36.3 Å². The molecule has 1 aromatic heterocycles. The van der Waals surface area contributed by atoms with E-state index in [2.05, 4.69) is 15.1 Å². The molecule has 2 atom stereocenters. The van der Waals surface area contributed by atoms with E-state index in [0.717, 1.165) is 6.26 Å². The molecule has 0 bridgehead atoms. The number of halogens is 6. The molecule has 0 saturated heterocycles. The predicted molar refractivity (Wildman–Crippen MR) is 139 cm³/mol. The summed E-state index contributed by atoms with van der Waals surface area (Å²) < 4.78 is 66.3. The Morgan fingerprint density at radius 3 is 2.36 bits per heavy atom. The van der Waals surface area contributed by atoms with Gasteiger partial charge in [0.1, 0.15) is 6.54 Å². The number of aliphatic hydroxyl groups excluding tert-OH is 1. The molecule has 39 heavy (non-hydrogen) atoms. The average Bonchev–Trinajstić information content (AvgIpc) is 3.12. The summed E-state index contributed by atoms with van der Waals surface area (Å²) in [5.74, 6) is -1.06. The SMILES string of the molecule is CS(=O)(=O)NC(CNC(=O)Cn1nc(-c2ccc(Cl)cc2)n(C[C@H](O)C(F)(F)F)c1=O)c1cccc(Cl)c1Cl. The lowest BCUT2D eigenvalue weighted by Crippen LogP contribution is -2.41. The van der Waals surface area contributed by atoms with Gasteiger partial charge in [0.15, 0.2) is 11.9 Å². The highest BCUT2D eigenvalue weighted by molar-refractivity contribution is 7.88. The van der Waals surface area contributed by atoms with Crippen LogP contribution in [0.4, 0.5) is 13.2 Å². The van der Waals surface area contributed by atoms with Crippen LogP contribution in [0.1, 0.15) is 11.6 Å². The van der Waals surface area contributed by atoms with Gasteiger partial charge in [-0.15, -0.1) is 5.10 Å². The van der Waals surface area contributed by atoms with E-state index in [1.165, 1.54) is 42.5 Å². The van der Waals surface area contributed by atoms with Crippen molar-refractivity contribution in [1.29, 1.82) is 0 Å². The molecular formula is C22H21Cl3F3N5O5S. The Morgan fingerprint density at radius 2 is 1.77 bits per heavy atom. The largest absolute Gasteiger partial charge is 0.416 e. The number of aromatic nitrogens is 3. The van der Waals surface area contributed by atoms with Crippen molar-refractivity contribution in [2.45, 2.75) is 31.4 Å². The first kappa shape index (κ1) is 30.9. The Labute approximate surface area is 235 Å². The molecule has 0 aliphatic heterocycles. The molecule has 2 aromatic carbocycles. The van der Waals surface area contributed by atoms with Gasteiger partial charge in [0.05, 0.1) is 28.9 Å². The molecule has 10 nitrogen and oxygen atoms in total. The van der Waals surface area contributed by atoms with Crippen molar-refractivity contribution in [3.05, 3.63) is 73.6 Å². The van der Waals surface area contributed by atoms with E-state index in [1.807, 2.05) is 0 Å². The summed E-state index contributed by atoms with van der Waals surface area (Å²) in [6.07, 6.45) is -6.99. The number of alkyl halides is 3. The lowest BCUT2D eigenvalue weighted by Gasteiger charge is -2.20. The number of hydrogen-bond acceptors (Lipinski definition) is 6. The summed E-state index contributed by atoms with van der Waals surface area (Å²) in [7, 11) is -3.77. The third-order valence-electron chi connectivity index (χ3n) is 5.27. The van der Waals surface area contributed by atoms with E-state index in [4.69, 9.17) is 34.8 Å². The van der Waals surface area contributed by atoms with Crippen molar-refractivity contribution in [3.8, 4) is 11.4 Å². The zero-order valence-corrected chi connectivity index (χ0v) is 23.0. The van der Waals surface area contributed by atoms with Crippen LogP contribution in [0.5, 0.6) is 0 Å². The number of carbonyl (C=O) groups is 1. The number of nitrogens with zero attached hydrogens (tertiary/aromatic N) is 3. The van der Waals surface area contributed by atoms with Crippen LogP contribution >= 0.6 is 34.8 Å². The Bertz CT molecular complexity index is 1510. The number of amides is 1. The average molecular weight is 631 g/mol. The first-order chi connectivity index (χ1) is 18.1. The third-order valence-corrected chi connectivity index (χ3v) is 7.07. The van der Waals surface area contributed by atoms with Crippen molar-refractivity contribution in [2.75, 3.05) is 12.8 Å². The number of aliphatic hydroxyl groups is 1. The van der Waals surface area contributed by atoms with E-state index in [-0.39, 0.29) is 33.5 Å². The Kier molecular flexibility index (Phi) is 9.73. The molecule has 212 valence electrons. The number of rotatable bonds is 10. The summed E-state index contributed by atoms with van der Waals surface area (Å²) in [4.78, 5) is 25.6. The highest BCUT2D eigenvalue weighted by atomic mass is 35.5.